The van der Waals surface area contributed by atoms with Crippen LogP contribution in [0, 0.1) is 0 Å². The molecule has 1 unspecified atom stereocenters. The molecule has 0 amide bonds. The summed E-state index contributed by atoms with van der Waals surface area (Å²) in [5.41, 5.74) is -4.23. The normalized spacial score (nSPS) is 17.6. The highest BCUT2D eigenvalue weighted by Crippen LogP contribution is 2.35. The Hall–Kier alpha value is -1.51. The first-order valence-electron chi connectivity index (χ1n) is 7.66. The molecule has 1 heterocycles. The highest BCUT2D eigenvalue weighted by atomic mass is 32.2. The van der Waals surface area contributed by atoms with Crippen LogP contribution in [-0.4, -0.2) is 22.9 Å². The summed E-state index contributed by atoms with van der Waals surface area (Å²) in [6.45, 7) is 6.45. The van der Waals surface area contributed by atoms with Gasteiger partial charge < -0.3 is 4.42 Å². The molecule has 2 rings (SSSR count). The standard InChI is InChI=1S/C17H22FNO4S2/c1-16(2,3)24(20)19-17(4,14-11-8-12-23-14)15(18)25(21,22)13-9-6-5-7-10-13/h5-12,15,19H,1-4H3/t15?,17-,24+/m0/s1. The van der Waals surface area contributed by atoms with Crippen molar-refractivity contribution in [1.29, 1.82) is 0 Å². The van der Waals surface area contributed by atoms with Crippen LogP contribution in [0.3, 0.4) is 0 Å². The Morgan fingerprint density at radius 3 is 2.16 bits per heavy atom. The zero-order valence-electron chi connectivity index (χ0n) is 14.5. The van der Waals surface area contributed by atoms with E-state index in [-0.39, 0.29) is 10.7 Å². The number of sulfone groups is 1. The molecule has 25 heavy (non-hydrogen) atoms. The Labute approximate surface area is 150 Å². The second-order valence-electron chi connectivity index (χ2n) is 6.84. The summed E-state index contributed by atoms with van der Waals surface area (Å²) in [5, 5.41) is 0. The average molecular weight is 387 g/mol. The molecule has 3 atom stereocenters. The van der Waals surface area contributed by atoms with Gasteiger partial charge in [-0.3, -0.25) is 0 Å². The Morgan fingerprint density at radius 2 is 1.68 bits per heavy atom. The van der Waals surface area contributed by atoms with Crippen LogP contribution in [0.5, 0.6) is 0 Å². The highest BCUT2D eigenvalue weighted by Gasteiger charge is 2.49. The van der Waals surface area contributed by atoms with Gasteiger partial charge in [0.15, 0.2) is 0 Å². The monoisotopic (exact) mass is 387 g/mol. The van der Waals surface area contributed by atoms with Crippen molar-refractivity contribution >= 4 is 20.8 Å². The quantitative estimate of drug-likeness (QED) is 0.825. The van der Waals surface area contributed by atoms with E-state index in [2.05, 4.69) is 4.72 Å². The van der Waals surface area contributed by atoms with Gasteiger partial charge in [-0.1, -0.05) is 18.2 Å². The third-order valence-corrected chi connectivity index (χ3v) is 7.36. The maximum atomic E-state index is 15.4. The van der Waals surface area contributed by atoms with Gasteiger partial charge in [0.05, 0.1) is 26.9 Å². The molecular weight excluding hydrogens is 365 g/mol. The number of hydrogen-bond acceptors (Lipinski definition) is 4. The zero-order chi connectivity index (χ0) is 18.9. The molecule has 0 radical (unpaired) electrons. The van der Waals surface area contributed by atoms with E-state index in [1.807, 2.05) is 0 Å². The van der Waals surface area contributed by atoms with E-state index in [1.165, 1.54) is 49.6 Å². The van der Waals surface area contributed by atoms with E-state index in [1.54, 1.807) is 26.8 Å². The molecule has 0 fully saturated rings. The zero-order valence-corrected chi connectivity index (χ0v) is 16.2. The van der Waals surface area contributed by atoms with Gasteiger partial charge in [0.2, 0.25) is 15.3 Å². The molecule has 1 aromatic heterocycles. The average Bonchev–Trinajstić information content (AvgIpc) is 3.09. The summed E-state index contributed by atoms with van der Waals surface area (Å²) in [4.78, 5) is -0.149. The summed E-state index contributed by atoms with van der Waals surface area (Å²) in [7, 11) is -6.06. The number of benzene rings is 1. The maximum Gasteiger partial charge on any atom is 0.231 e. The minimum atomic E-state index is -4.34. The molecule has 0 saturated carbocycles. The molecular formula is C17H22FNO4S2. The lowest BCUT2D eigenvalue weighted by Crippen LogP contribution is -2.53. The van der Waals surface area contributed by atoms with E-state index in [0.29, 0.717) is 0 Å². The van der Waals surface area contributed by atoms with E-state index in [9.17, 15) is 12.6 Å². The largest absolute Gasteiger partial charge is 0.467 e. The van der Waals surface area contributed by atoms with Gasteiger partial charge in [-0.15, -0.1) is 0 Å². The van der Waals surface area contributed by atoms with Crippen LogP contribution in [0.2, 0.25) is 0 Å². The molecule has 0 aliphatic heterocycles. The first kappa shape index (κ1) is 19.8. The van der Waals surface area contributed by atoms with Crippen molar-refractivity contribution < 1.29 is 21.4 Å². The summed E-state index contributed by atoms with van der Waals surface area (Å²) < 4.78 is 60.6. The van der Waals surface area contributed by atoms with Crippen molar-refractivity contribution in [2.45, 2.75) is 48.4 Å². The van der Waals surface area contributed by atoms with Crippen molar-refractivity contribution in [3.05, 3.63) is 54.5 Å². The Balaban J connectivity index is 2.51. The Morgan fingerprint density at radius 1 is 1.08 bits per heavy atom. The van der Waals surface area contributed by atoms with Crippen molar-refractivity contribution in [3.63, 3.8) is 0 Å². The Bertz CT molecular complexity index is 829. The molecule has 1 N–H and O–H groups in total. The predicted octanol–water partition coefficient (Wildman–Crippen LogP) is 3.32. The number of rotatable bonds is 6. The van der Waals surface area contributed by atoms with Crippen LogP contribution in [0.1, 0.15) is 33.5 Å². The molecule has 0 bridgehead atoms. The minimum Gasteiger partial charge on any atom is -0.467 e. The number of alkyl halides is 1. The van der Waals surface area contributed by atoms with Gasteiger partial charge in [-0.05, 0) is 52.0 Å². The smallest absolute Gasteiger partial charge is 0.231 e. The summed E-state index contributed by atoms with van der Waals surface area (Å²) in [6.07, 6.45) is 1.32. The fourth-order valence-corrected chi connectivity index (χ4v) is 4.71. The molecule has 0 saturated heterocycles. The third kappa shape index (κ3) is 4.02. The van der Waals surface area contributed by atoms with Crippen LogP contribution in [0.15, 0.2) is 58.0 Å². The number of hydrogen-bond donors (Lipinski definition) is 1. The van der Waals surface area contributed by atoms with Crippen LogP contribution < -0.4 is 4.72 Å². The SMILES string of the molecule is CC(C)(C)[S@@](=O)N[C@@](C)(c1ccco1)C(F)S(=O)(=O)c1ccccc1. The van der Waals surface area contributed by atoms with Gasteiger partial charge in [0.25, 0.3) is 0 Å². The summed E-state index contributed by atoms with van der Waals surface area (Å²) in [5.74, 6) is 0.0529. The van der Waals surface area contributed by atoms with Gasteiger partial charge in [0, 0.05) is 0 Å². The van der Waals surface area contributed by atoms with Gasteiger partial charge in [0.1, 0.15) is 11.3 Å². The van der Waals surface area contributed by atoms with E-state index < -0.39 is 36.6 Å². The second kappa shape index (κ2) is 7.01. The van der Waals surface area contributed by atoms with Crippen molar-refractivity contribution in [2.24, 2.45) is 0 Å². The van der Waals surface area contributed by atoms with Crippen LogP contribution in [-0.2, 0) is 26.4 Å². The van der Waals surface area contributed by atoms with Crippen LogP contribution >= 0.6 is 0 Å². The predicted molar refractivity (Wildman–Crippen MR) is 95.6 cm³/mol. The van der Waals surface area contributed by atoms with E-state index >= 15 is 4.39 Å². The van der Waals surface area contributed by atoms with Crippen LogP contribution in [0.4, 0.5) is 4.39 Å². The molecule has 1 aromatic carbocycles. The number of halogens is 1. The molecule has 0 aliphatic rings. The lowest BCUT2D eigenvalue weighted by atomic mass is 10.0. The fraction of sp³-hybridized carbons (Fsp3) is 0.412. The minimum absolute atomic E-state index is 0.0529. The van der Waals surface area contributed by atoms with Gasteiger partial charge in [-0.2, -0.15) is 0 Å². The lowest BCUT2D eigenvalue weighted by molar-refractivity contribution is 0.225. The van der Waals surface area contributed by atoms with Crippen molar-refractivity contribution in [2.75, 3.05) is 0 Å². The molecule has 8 heteroatoms. The summed E-state index contributed by atoms with van der Waals surface area (Å²) in [6, 6.07) is 10.3. The maximum absolute atomic E-state index is 15.4. The molecule has 2 aromatic rings. The summed E-state index contributed by atoms with van der Waals surface area (Å²) >= 11 is 0. The van der Waals surface area contributed by atoms with Crippen molar-refractivity contribution in [1.82, 2.24) is 4.72 Å². The number of nitrogens with one attached hydrogen (secondary N) is 1. The fourth-order valence-electron chi connectivity index (χ4n) is 2.17. The molecule has 5 nitrogen and oxygen atoms in total. The Kier molecular flexibility index (Phi) is 5.56. The number of furan rings is 1. The topological polar surface area (TPSA) is 76.4 Å². The first-order chi connectivity index (χ1) is 11.5. The molecule has 0 spiro atoms. The lowest BCUT2D eigenvalue weighted by Gasteiger charge is -2.33. The van der Waals surface area contributed by atoms with E-state index in [0.717, 1.165) is 0 Å². The highest BCUT2D eigenvalue weighted by molar-refractivity contribution is 7.92. The second-order valence-corrected chi connectivity index (χ2v) is 10.8. The molecule has 138 valence electrons. The van der Waals surface area contributed by atoms with Gasteiger partial charge in [-0.25, -0.2) is 21.7 Å². The van der Waals surface area contributed by atoms with Gasteiger partial charge >= 0.3 is 0 Å². The first-order valence-corrected chi connectivity index (χ1v) is 10.4. The van der Waals surface area contributed by atoms with E-state index in [4.69, 9.17) is 4.42 Å². The van der Waals surface area contributed by atoms with Crippen LogP contribution in [0.25, 0.3) is 0 Å². The third-order valence-electron chi connectivity index (χ3n) is 3.69. The molecule has 0 aliphatic carbocycles. The van der Waals surface area contributed by atoms with Crippen molar-refractivity contribution in [3.8, 4) is 0 Å².